The number of primary amides is 1. The first kappa shape index (κ1) is 30.5. The van der Waals surface area contributed by atoms with Crippen LogP contribution in [0.1, 0.15) is 49.6 Å². The molecule has 0 aliphatic rings. The number of carbonyl (C=O) groups is 2. The summed E-state index contributed by atoms with van der Waals surface area (Å²) in [5.41, 5.74) is 7.18. The van der Waals surface area contributed by atoms with Crippen molar-refractivity contribution in [1.29, 1.82) is 0 Å². The maximum Gasteiger partial charge on any atom is 0.319 e. The summed E-state index contributed by atoms with van der Waals surface area (Å²) in [7, 11) is 0. The van der Waals surface area contributed by atoms with E-state index < -0.39 is 44.5 Å². The van der Waals surface area contributed by atoms with E-state index in [1.54, 1.807) is 25.3 Å². The molecule has 0 radical (unpaired) electrons. The molecule has 0 saturated heterocycles. The Kier molecular flexibility index (Phi) is 12.3. The number of rotatable bonds is 11. The van der Waals surface area contributed by atoms with E-state index in [1.807, 2.05) is 26.0 Å². The van der Waals surface area contributed by atoms with Crippen LogP contribution in [0.3, 0.4) is 0 Å². The standard InChI is InChI=1S/C27H30BrF2IN4O2/c1-16(7-8-20(29)14-25(32)36)18(3)23-6-5-9-33-26(23)24(35-27(37)34-15-17(2)28)12-19-10-21(30)13-22(11-19)31-4/h5-11,13-16,18,24H,4,12H2,1-3H3,(H2,32,36)(H2,34,35,37)/b8-7-,17-15+,20-14-/t16-,18+,24+/m1/s1. The van der Waals surface area contributed by atoms with E-state index in [0.29, 0.717) is 23.8 Å². The largest absolute Gasteiger partial charge is 0.366 e. The van der Waals surface area contributed by atoms with Gasteiger partial charge in [0.15, 0.2) is 0 Å². The fourth-order valence-electron chi connectivity index (χ4n) is 3.61. The van der Waals surface area contributed by atoms with Crippen molar-refractivity contribution < 1.29 is 18.4 Å². The fraction of sp³-hybridized carbons (Fsp3) is 0.259. The number of carbonyl (C=O) groups excluding carboxylic acids is 2. The maximum atomic E-state index is 14.3. The molecule has 2 rings (SSSR count). The maximum absolute atomic E-state index is 14.3. The highest BCUT2D eigenvalue weighted by atomic mass is 127. The van der Waals surface area contributed by atoms with Gasteiger partial charge in [0.25, 0.3) is 0 Å². The average Bonchev–Trinajstić information content (AvgIpc) is 2.84. The Morgan fingerprint density at radius 3 is 2.68 bits per heavy atom. The molecule has 0 aliphatic carbocycles. The molecule has 3 amide bonds. The molecule has 198 valence electrons. The van der Waals surface area contributed by atoms with Gasteiger partial charge in [-0.1, -0.05) is 67.2 Å². The van der Waals surface area contributed by atoms with Gasteiger partial charge in [-0.3, -0.25) is 9.78 Å². The highest BCUT2D eigenvalue weighted by Gasteiger charge is 2.24. The van der Waals surface area contributed by atoms with Crippen LogP contribution in [0.5, 0.6) is 0 Å². The Labute approximate surface area is 234 Å². The van der Waals surface area contributed by atoms with Crippen LogP contribution in [-0.4, -0.2) is 21.4 Å². The molecular formula is C27H30BrF2IN4O2. The van der Waals surface area contributed by atoms with Gasteiger partial charge < -0.3 is 16.4 Å². The van der Waals surface area contributed by atoms with Crippen molar-refractivity contribution in [2.24, 2.45) is 11.7 Å². The van der Waals surface area contributed by atoms with E-state index in [4.69, 9.17) is 5.73 Å². The van der Waals surface area contributed by atoms with Gasteiger partial charge in [0.2, 0.25) is 5.91 Å². The van der Waals surface area contributed by atoms with Crippen LogP contribution < -0.4 is 16.4 Å². The first-order valence-corrected chi connectivity index (χ1v) is 14.8. The number of allylic oxidation sites excluding steroid dienone is 4. The van der Waals surface area contributed by atoms with Gasteiger partial charge in [-0.15, -0.1) is 0 Å². The number of amides is 3. The summed E-state index contributed by atoms with van der Waals surface area (Å²) < 4.78 is 33.7. The van der Waals surface area contributed by atoms with Crippen LogP contribution in [0.25, 0.3) is 0 Å². The third-order valence-electron chi connectivity index (χ3n) is 5.54. The lowest BCUT2D eigenvalue weighted by Crippen LogP contribution is -2.37. The van der Waals surface area contributed by atoms with Crippen molar-refractivity contribution in [3.8, 4) is 0 Å². The van der Waals surface area contributed by atoms with Crippen molar-refractivity contribution in [2.45, 2.75) is 39.2 Å². The number of nitrogens with zero attached hydrogens (tertiary/aromatic N) is 1. The SMILES string of the molecule is C=Ic1cc(F)cc(C[C@H](NC(=O)N/C=C(\C)Br)c2ncccc2[C@@H](C)[C@H](C)/C=C\C(F)=C\C(N)=O)c1. The molecule has 37 heavy (non-hydrogen) atoms. The third kappa shape index (κ3) is 10.3. The van der Waals surface area contributed by atoms with Gasteiger partial charge >= 0.3 is 6.03 Å². The van der Waals surface area contributed by atoms with Gasteiger partial charge in [0, 0.05) is 26.5 Å². The van der Waals surface area contributed by atoms with Gasteiger partial charge in [0.05, 0.1) is 11.7 Å². The number of hydrogen-bond acceptors (Lipinski definition) is 3. The highest BCUT2D eigenvalue weighted by Crippen LogP contribution is 2.32. The van der Waals surface area contributed by atoms with E-state index in [1.165, 1.54) is 24.4 Å². The van der Waals surface area contributed by atoms with E-state index in [2.05, 4.69) is 36.1 Å². The highest BCUT2D eigenvalue weighted by molar-refractivity contribution is 14.2. The molecule has 0 unspecified atom stereocenters. The van der Waals surface area contributed by atoms with Crippen LogP contribution in [-0.2, 0) is 11.2 Å². The zero-order valence-electron chi connectivity index (χ0n) is 20.8. The van der Waals surface area contributed by atoms with Gasteiger partial charge in [0.1, 0.15) is 11.6 Å². The first-order valence-electron chi connectivity index (χ1n) is 11.4. The average molecular weight is 687 g/mol. The lowest BCUT2D eigenvalue weighted by molar-refractivity contribution is -0.113. The molecule has 2 aromatic rings. The smallest absolute Gasteiger partial charge is 0.319 e. The molecule has 10 heteroatoms. The summed E-state index contributed by atoms with van der Waals surface area (Å²) in [5, 5.41) is 5.61. The Morgan fingerprint density at radius 2 is 2.03 bits per heavy atom. The predicted octanol–water partition coefficient (Wildman–Crippen LogP) is 6.27. The number of benzene rings is 1. The Bertz CT molecular complexity index is 1230. The van der Waals surface area contributed by atoms with Gasteiger partial charge in [-0.25, -0.2) is 13.6 Å². The number of pyridine rings is 1. The van der Waals surface area contributed by atoms with E-state index >= 15 is 0 Å². The molecule has 6 nitrogen and oxygen atoms in total. The quantitative estimate of drug-likeness (QED) is 0.148. The van der Waals surface area contributed by atoms with Crippen LogP contribution in [0, 0.1) is 15.3 Å². The van der Waals surface area contributed by atoms with Crippen molar-refractivity contribution >= 4 is 53.1 Å². The topological polar surface area (TPSA) is 97.1 Å². The van der Waals surface area contributed by atoms with Gasteiger partial charge in [-0.05, 0) is 66.6 Å². The van der Waals surface area contributed by atoms with E-state index in [-0.39, 0.29) is 17.7 Å². The van der Waals surface area contributed by atoms with Crippen LogP contribution in [0.4, 0.5) is 13.6 Å². The zero-order chi connectivity index (χ0) is 27.5. The summed E-state index contributed by atoms with van der Waals surface area (Å²) in [6.45, 7) is 5.65. The third-order valence-corrected chi connectivity index (χ3v) is 7.28. The Balaban J connectivity index is 2.45. The Morgan fingerprint density at radius 1 is 1.30 bits per heavy atom. The Hall–Kier alpha value is -2.73. The normalized spacial score (nSPS) is 14.8. The van der Waals surface area contributed by atoms with Crippen LogP contribution in [0.2, 0.25) is 0 Å². The van der Waals surface area contributed by atoms with Crippen LogP contribution >= 0.6 is 36.7 Å². The number of aromatic nitrogens is 1. The first-order chi connectivity index (χ1) is 17.5. The molecule has 1 heterocycles. The summed E-state index contributed by atoms with van der Waals surface area (Å²) in [5.74, 6) is -2.24. The monoisotopic (exact) mass is 686 g/mol. The minimum atomic E-state index is -0.865. The zero-order valence-corrected chi connectivity index (χ0v) is 24.5. The second-order valence-corrected chi connectivity index (χ2v) is 11.7. The van der Waals surface area contributed by atoms with Crippen molar-refractivity contribution in [1.82, 2.24) is 15.6 Å². The summed E-state index contributed by atoms with van der Waals surface area (Å²) in [4.78, 5) is 28.2. The summed E-state index contributed by atoms with van der Waals surface area (Å²) in [6, 6.07) is 7.51. The molecular weight excluding hydrogens is 657 g/mol. The molecule has 0 saturated carbocycles. The molecule has 0 bridgehead atoms. The molecule has 0 aliphatic heterocycles. The van der Waals surface area contributed by atoms with Crippen molar-refractivity contribution in [3.05, 3.63) is 97.5 Å². The molecule has 3 atom stereocenters. The molecule has 0 spiro atoms. The molecule has 1 aromatic carbocycles. The van der Waals surface area contributed by atoms with E-state index in [9.17, 15) is 18.4 Å². The minimum absolute atomic E-state index is 0.132. The predicted molar refractivity (Wildman–Crippen MR) is 156 cm³/mol. The van der Waals surface area contributed by atoms with Gasteiger partial charge in [-0.2, -0.15) is 0 Å². The fourth-order valence-corrected chi connectivity index (χ4v) is 4.86. The molecule has 0 fully saturated rings. The second-order valence-electron chi connectivity index (χ2n) is 8.43. The lowest BCUT2D eigenvalue weighted by Gasteiger charge is -2.25. The number of nitrogens with one attached hydrogen (secondary N) is 2. The number of halogens is 4. The van der Waals surface area contributed by atoms with Crippen molar-refractivity contribution in [2.75, 3.05) is 0 Å². The number of nitrogens with two attached hydrogens (primary N) is 1. The second kappa shape index (κ2) is 14.9. The summed E-state index contributed by atoms with van der Waals surface area (Å²) >= 11 is 2.71. The van der Waals surface area contributed by atoms with Crippen molar-refractivity contribution in [3.63, 3.8) is 0 Å². The lowest BCUT2D eigenvalue weighted by atomic mass is 9.85. The van der Waals surface area contributed by atoms with Crippen LogP contribution in [0.15, 0.2) is 71.3 Å². The number of hydrogen-bond donors (Lipinski definition) is 3. The van der Waals surface area contributed by atoms with E-state index in [0.717, 1.165) is 13.6 Å². The molecule has 4 N–H and O–H groups in total. The minimum Gasteiger partial charge on any atom is -0.366 e. The number of urea groups is 1. The molecule has 1 aromatic heterocycles. The summed E-state index contributed by atoms with van der Waals surface area (Å²) in [6.07, 6.45) is 7.02.